The summed E-state index contributed by atoms with van der Waals surface area (Å²) in [7, 11) is 0. The van der Waals surface area contributed by atoms with Gasteiger partial charge in [-0.15, -0.1) is 0 Å². The third-order valence-electron chi connectivity index (χ3n) is 5.73. The molecule has 4 atom stereocenters. The number of ketones is 2. The molecule has 1 unspecified atom stereocenters. The number of unbranched alkanes of at least 4 members (excludes halogenated alkanes) is 4. The van der Waals surface area contributed by atoms with E-state index in [9.17, 15) is 24.2 Å². The summed E-state index contributed by atoms with van der Waals surface area (Å²) in [4.78, 5) is 23.3. The number of alkyl halides is 1. The molecule has 0 aromatic heterocycles. The summed E-state index contributed by atoms with van der Waals surface area (Å²) in [6.45, 7) is 0.786. The van der Waals surface area contributed by atoms with Gasteiger partial charge in [-0.1, -0.05) is 51.2 Å². The molecule has 0 aromatic rings. The van der Waals surface area contributed by atoms with Crippen LogP contribution in [-0.2, 0) is 9.59 Å². The molecule has 0 radical (unpaired) electrons. The highest BCUT2D eigenvalue weighted by atomic mass is 19.1. The van der Waals surface area contributed by atoms with Gasteiger partial charge in [0, 0.05) is 24.7 Å². The van der Waals surface area contributed by atoms with E-state index in [0.717, 1.165) is 38.5 Å². The highest BCUT2D eigenvalue weighted by molar-refractivity contribution is 5.84. The smallest absolute Gasteiger partial charge is 0.158 e. The molecule has 28 heavy (non-hydrogen) atoms. The van der Waals surface area contributed by atoms with Crippen molar-refractivity contribution in [3.8, 4) is 0 Å². The fraction of sp³-hybridized carbons (Fsp3) is 0.818. The Labute approximate surface area is 168 Å². The van der Waals surface area contributed by atoms with Gasteiger partial charge >= 0.3 is 0 Å². The van der Waals surface area contributed by atoms with E-state index in [2.05, 4.69) is 0 Å². The third kappa shape index (κ3) is 8.50. The second kappa shape index (κ2) is 13.2. The average Bonchev–Trinajstić information content (AvgIpc) is 2.95. The summed E-state index contributed by atoms with van der Waals surface area (Å²) < 4.78 is 13.2. The quantitative estimate of drug-likeness (QED) is 0.290. The second-order valence-corrected chi connectivity index (χ2v) is 8.17. The molecule has 0 aliphatic heterocycles. The lowest BCUT2D eigenvalue weighted by molar-refractivity contribution is -0.122. The van der Waals surface area contributed by atoms with Gasteiger partial charge in [0.05, 0.1) is 11.7 Å². The lowest BCUT2D eigenvalue weighted by Gasteiger charge is -2.24. The van der Waals surface area contributed by atoms with Crippen LogP contribution in [0.4, 0.5) is 4.39 Å². The van der Waals surface area contributed by atoms with Crippen LogP contribution in [0.2, 0.25) is 0 Å². The number of carbonyl (C=O) groups excluding carboxylic acids is 2. The van der Waals surface area contributed by atoms with Crippen LogP contribution in [0.3, 0.4) is 0 Å². The van der Waals surface area contributed by atoms with Crippen molar-refractivity contribution in [2.24, 2.45) is 11.8 Å². The van der Waals surface area contributed by atoms with Crippen molar-refractivity contribution in [2.75, 3.05) is 13.3 Å². The Morgan fingerprint density at radius 2 is 1.96 bits per heavy atom. The van der Waals surface area contributed by atoms with Gasteiger partial charge in [0.25, 0.3) is 0 Å². The van der Waals surface area contributed by atoms with E-state index >= 15 is 0 Å². The largest absolute Gasteiger partial charge is 0.392 e. The zero-order chi connectivity index (χ0) is 21.0. The Morgan fingerprint density at radius 1 is 1.25 bits per heavy atom. The van der Waals surface area contributed by atoms with Crippen molar-refractivity contribution in [3.63, 3.8) is 0 Å². The molecule has 0 amide bonds. The molecule has 1 saturated carbocycles. The van der Waals surface area contributed by atoms with Crippen LogP contribution in [0, 0.1) is 11.8 Å². The summed E-state index contributed by atoms with van der Waals surface area (Å²) >= 11 is 0. The number of rotatable bonds is 15. The van der Waals surface area contributed by atoms with Crippen molar-refractivity contribution < 1.29 is 29.3 Å². The normalized spacial score (nSPS) is 24.8. The predicted octanol–water partition coefficient (Wildman–Crippen LogP) is 3.29. The molecule has 162 valence electrons. The molecule has 1 rings (SSSR count). The monoisotopic (exact) mass is 400 g/mol. The standard InChI is InChI=1S/C22H37FO5/c1-2-3-12-22(28,16-23)13-8-11-19-18(20(26)14-21(19)27)10-7-5-4-6-9-17(25)15-24/h8,11,18-19,21,24,27-28H,2-7,9-10,12-16H2,1H3/b11-8+/t18-,19-,21-,22?/m1/s1. The fourth-order valence-electron chi connectivity index (χ4n) is 3.89. The van der Waals surface area contributed by atoms with Crippen LogP contribution in [-0.4, -0.2) is 51.9 Å². The van der Waals surface area contributed by atoms with Crippen LogP contribution >= 0.6 is 0 Å². The highest BCUT2D eigenvalue weighted by Gasteiger charge is 2.39. The number of hydrogen-bond acceptors (Lipinski definition) is 5. The van der Waals surface area contributed by atoms with Gasteiger partial charge in [0.1, 0.15) is 19.1 Å². The van der Waals surface area contributed by atoms with Crippen molar-refractivity contribution >= 4 is 11.6 Å². The maximum absolute atomic E-state index is 13.2. The third-order valence-corrected chi connectivity index (χ3v) is 5.73. The number of carbonyl (C=O) groups is 2. The van der Waals surface area contributed by atoms with E-state index in [-0.39, 0.29) is 36.2 Å². The lowest BCUT2D eigenvalue weighted by Crippen LogP contribution is -2.30. The second-order valence-electron chi connectivity index (χ2n) is 8.17. The molecule has 5 nitrogen and oxygen atoms in total. The molecule has 3 N–H and O–H groups in total. The van der Waals surface area contributed by atoms with Crippen molar-refractivity contribution in [2.45, 2.75) is 89.3 Å². The van der Waals surface area contributed by atoms with E-state index in [4.69, 9.17) is 5.11 Å². The van der Waals surface area contributed by atoms with Gasteiger partial charge in [0.15, 0.2) is 5.78 Å². The van der Waals surface area contributed by atoms with Gasteiger partial charge < -0.3 is 15.3 Å². The summed E-state index contributed by atoms with van der Waals surface area (Å²) in [5.41, 5.74) is -1.36. The van der Waals surface area contributed by atoms with Crippen molar-refractivity contribution in [1.29, 1.82) is 0 Å². The minimum Gasteiger partial charge on any atom is -0.392 e. The van der Waals surface area contributed by atoms with Crippen molar-refractivity contribution in [3.05, 3.63) is 12.2 Å². The van der Waals surface area contributed by atoms with Gasteiger partial charge in [-0.3, -0.25) is 9.59 Å². The topological polar surface area (TPSA) is 94.8 Å². The summed E-state index contributed by atoms with van der Waals surface area (Å²) in [5, 5.41) is 29.2. The molecule has 0 spiro atoms. The van der Waals surface area contributed by atoms with E-state index in [1.165, 1.54) is 0 Å². The SMILES string of the molecule is CCCCC(O)(CF)C/C=C/[C@H]1[C@H](O)CC(=O)[C@@H]1CCCCCCC(=O)CO. The van der Waals surface area contributed by atoms with Crippen LogP contribution in [0.25, 0.3) is 0 Å². The van der Waals surface area contributed by atoms with Gasteiger partial charge in [-0.2, -0.15) is 0 Å². The average molecular weight is 401 g/mol. The number of Topliss-reactive ketones (excluding diaryl/α,β-unsaturated/α-hetero) is 2. The number of hydrogen-bond donors (Lipinski definition) is 3. The van der Waals surface area contributed by atoms with Crippen LogP contribution in [0.1, 0.15) is 77.6 Å². The Hall–Kier alpha value is -1.11. The maximum atomic E-state index is 13.2. The van der Waals surface area contributed by atoms with Gasteiger partial charge in [0.2, 0.25) is 0 Å². The van der Waals surface area contributed by atoms with E-state index in [1.54, 1.807) is 12.2 Å². The molecule has 0 aromatic carbocycles. The Morgan fingerprint density at radius 3 is 2.61 bits per heavy atom. The fourth-order valence-corrected chi connectivity index (χ4v) is 3.89. The molecule has 1 aliphatic rings. The van der Waals surface area contributed by atoms with Crippen LogP contribution < -0.4 is 0 Å². The van der Waals surface area contributed by atoms with Crippen LogP contribution in [0.15, 0.2) is 12.2 Å². The molecule has 6 heteroatoms. The first-order valence-electron chi connectivity index (χ1n) is 10.6. The molecule has 0 bridgehead atoms. The molecule has 0 saturated heterocycles. The summed E-state index contributed by atoms with van der Waals surface area (Å²) in [5.74, 6) is -0.603. The minimum atomic E-state index is -1.36. The van der Waals surface area contributed by atoms with E-state index in [1.807, 2.05) is 6.92 Å². The summed E-state index contributed by atoms with van der Waals surface area (Å²) in [6, 6.07) is 0. The Kier molecular flexibility index (Phi) is 11.7. The summed E-state index contributed by atoms with van der Waals surface area (Å²) in [6.07, 6.45) is 9.58. The zero-order valence-corrected chi connectivity index (χ0v) is 17.1. The Bertz CT molecular complexity index is 507. The van der Waals surface area contributed by atoms with Crippen LogP contribution in [0.5, 0.6) is 0 Å². The minimum absolute atomic E-state index is 0.0596. The molecule has 1 aliphatic carbocycles. The molecule has 0 heterocycles. The highest BCUT2D eigenvalue weighted by Crippen LogP contribution is 2.34. The lowest BCUT2D eigenvalue weighted by atomic mass is 9.87. The molecular formula is C22H37FO5. The van der Waals surface area contributed by atoms with Gasteiger partial charge in [-0.05, 0) is 25.7 Å². The molecule has 1 fully saturated rings. The number of aliphatic hydroxyl groups is 3. The number of halogens is 1. The van der Waals surface area contributed by atoms with E-state index < -0.39 is 25.0 Å². The zero-order valence-electron chi connectivity index (χ0n) is 17.1. The van der Waals surface area contributed by atoms with Gasteiger partial charge in [-0.25, -0.2) is 4.39 Å². The van der Waals surface area contributed by atoms with E-state index in [0.29, 0.717) is 19.3 Å². The first-order chi connectivity index (χ1) is 13.4. The van der Waals surface area contributed by atoms with Crippen molar-refractivity contribution in [1.82, 2.24) is 0 Å². The first kappa shape index (κ1) is 24.9. The predicted molar refractivity (Wildman–Crippen MR) is 107 cm³/mol. The maximum Gasteiger partial charge on any atom is 0.158 e. The first-order valence-corrected chi connectivity index (χ1v) is 10.6. The molecular weight excluding hydrogens is 363 g/mol. The number of aliphatic hydroxyl groups excluding tert-OH is 2. The Balaban J connectivity index is 2.47.